The van der Waals surface area contributed by atoms with E-state index in [0.29, 0.717) is 0 Å². The van der Waals surface area contributed by atoms with Crippen LogP contribution >= 0.6 is 35.0 Å². The minimum atomic E-state index is -0.464. The van der Waals surface area contributed by atoms with Crippen LogP contribution in [0.4, 0.5) is 0 Å². The predicted molar refractivity (Wildman–Crippen MR) is 86.7 cm³/mol. The van der Waals surface area contributed by atoms with Gasteiger partial charge in [-0.05, 0) is 42.3 Å². The van der Waals surface area contributed by atoms with Crippen LogP contribution in [0.15, 0.2) is 48.5 Å². The highest BCUT2D eigenvalue weighted by Gasteiger charge is 2.42. The summed E-state index contributed by atoms with van der Waals surface area (Å²) in [6.07, 6.45) is 0.214. The number of halogens is 2. The summed E-state index contributed by atoms with van der Waals surface area (Å²) in [5, 5.41) is 1.46. The van der Waals surface area contributed by atoms with Crippen LogP contribution in [0.1, 0.15) is 18.1 Å². The lowest BCUT2D eigenvalue weighted by Crippen LogP contribution is -2.24. The van der Waals surface area contributed by atoms with Gasteiger partial charge in [0.1, 0.15) is 0 Å². The lowest BCUT2D eigenvalue weighted by Gasteiger charge is -2.29. The highest BCUT2D eigenvalue weighted by molar-refractivity contribution is 8.00. The van der Waals surface area contributed by atoms with Crippen LogP contribution in [-0.4, -0.2) is 11.9 Å². The Bertz CT molecular complexity index is 549. The average Bonchev–Trinajstić information content (AvgIpc) is 2.84. The summed E-state index contributed by atoms with van der Waals surface area (Å²) >= 11 is 13.8. The molecule has 0 bridgehead atoms. The molecule has 1 heterocycles. The van der Waals surface area contributed by atoms with Crippen LogP contribution in [0.25, 0.3) is 0 Å². The van der Waals surface area contributed by atoms with Gasteiger partial charge in [-0.2, -0.15) is 0 Å². The average molecular weight is 325 g/mol. The smallest absolute Gasteiger partial charge is 0.165 e. The van der Waals surface area contributed by atoms with E-state index in [1.807, 2.05) is 60.3 Å². The maximum Gasteiger partial charge on any atom is 0.165 e. The van der Waals surface area contributed by atoms with Crippen molar-refractivity contribution in [3.05, 3.63) is 69.7 Å². The van der Waals surface area contributed by atoms with E-state index in [1.54, 1.807) is 0 Å². The molecule has 1 aliphatic heterocycles. The van der Waals surface area contributed by atoms with Gasteiger partial charge in [0.2, 0.25) is 0 Å². The van der Waals surface area contributed by atoms with Crippen molar-refractivity contribution in [3.8, 4) is 0 Å². The second-order valence-electron chi connectivity index (χ2n) is 4.87. The summed E-state index contributed by atoms with van der Waals surface area (Å²) in [7, 11) is 0. The molecule has 0 N–H and O–H groups in total. The van der Waals surface area contributed by atoms with Crippen molar-refractivity contribution in [2.45, 2.75) is 18.0 Å². The molecule has 3 rings (SSSR count). The van der Waals surface area contributed by atoms with Crippen molar-refractivity contribution < 1.29 is 4.74 Å². The van der Waals surface area contributed by atoms with E-state index in [4.69, 9.17) is 27.9 Å². The second-order valence-corrected chi connectivity index (χ2v) is 6.94. The Balaban J connectivity index is 2.09. The molecule has 1 nitrogen and oxygen atoms in total. The fraction of sp³-hybridized carbons (Fsp3) is 0.250. The number of rotatable bonds is 2. The minimum Gasteiger partial charge on any atom is -0.352 e. The molecule has 2 aromatic carbocycles. The number of hydrogen-bond donors (Lipinski definition) is 0. The van der Waals surface area contributed by atoms with Gasteiger partial charge in [-0.25, -0.2) is 0 Å². The molecule has 1 saturated heterocycles. The van der Waals surface area contributed by atoms with Crippen LogP contribution < -0.4 is 0 Å². The van der Waals surface area contributed by atoms with Crippen molar-refractivity contribution in [3.63, 3.8) is 0 Å². The molecule has 4 heteroatoms. The van der Waals surface area contributed by atoms with Crippen molar-refractivity contribution in [1.29, 1.82) is 0 Å². The lowest BCUT2D eigenvalue weighted by molar-refractivity contribution is 0.0252. The van der Waals surface area contributed by atoms with E-state index in [2.05, 4.69) is 6.92 Å². The number of ether oxygens (including phenoxy) is 1. The monoisotopic (exact) mass is 324 g/mol. The molecular formula is C16H14Cl2OS. The lowest BCUT2D eigenvalue weighted by atomic mass is 10.0. The van der Waals surface area contributed by atoms with E-state index in [1.165, 1.54) is 0 Å². The van der Waals surface area contributed by atoms with Crippen molar-refractivity contribution >= 4 is 35.0 Å². The van der Waals surface area contributed by atoms with Gasteiger partial charge in [-0.15, -0.1) is 11.8 Å². The van der Waals surface area contributed by atoms with E-state index in [0.717, 1.165) is 26.9 Å². The molecule has 0 amide bonds. The van der Waals surface area contributed by atoms with E-state index < -0.39 is 4.93 Å². The first kappa shape index (κ1) is 14.3. The third-order valence-corrected chi connectivity index (χ3v) is 5.45. The Morgan fingerprint density at radius 3 is 1.75 bits per heavy atom. The van der Waals surface area contributed by atoms with Gasteiger partial charge in [0.15, 0.2) is 4.93 Å². The first-order valence-corrected chi connectivity index (χ1v) is 8.18. The van der Waals surface area contributed by atoms with Gasteiger partial charge in [-0.1, -0.05) is 47.5 Å². The van der Waals surface area contributed by atoms with Crippen molar-refractivity contribution in [2.75, 3.05) is 5.75 Å². The molecule has 1 aliphatic rings. The molecule has 20 heavy (non-hydrogen) atoms. The van der Waals surface area contributed by atoms with Crippen molar-refractivity contribution in [1.82, 2.24) is 0 Å². The van der Waals surface area contributed by atoms with Gasteiger partial charge in [0, 0.05) is 15.8 Å². The summed E-state index contributed by atoms with van der Waals surface area (Å²) in [5.41, 5.74) is 2.22. The molecule has 0 aromatic heterocycles. The number of benzene rings is 2. The van der Waals surface area contributed by atoms with Crippen LogP contribution in [0.5, 0.6) is 0 Å². The van der Waals surface area contributed by atoms with Gasteiger partial charge in [0.05, 0.1) is 6.10 Å². The number of thioether (sulfide) groups is 1. The zero-order valence-electron chi connectivity index (χ0n) is 11.0. The normalized spacial score (nSPS) is 21.1. The van der Waals surface area contributed by atoms with Gasteiger partial charge in [0.25, 0.3) is 0 Å². The summed E-state index contributed by atoms with van der Waals surface area (Å²) in [6, 6.07) is 15.7. The molecule has 1 atom stereocenters. The molecule has 2 aromatic rings. The molecule has 0 saturated carbocycles. The molecule has 0 radical (unpaired) electrons. The third kappa shape index (κ3) is 2.58. The molecule has 1 fully saturated rings. The zero-order valence-corrected chi connectivity index (χ0v) is 13.3. The van der Waals surface area contributed by atoms with Crippen molar-refractivity contribution in [2.24, 2.45) is 0 Å². The number of hydrogen-bond acceptors (Lipinski definition) is 2. The van der Waals surface area contributed by atoms with Crippen LogP contribution in [0.3, 0.4) is 0 Å². The fourth-order valence-electron chi connectivity index (χ4n) is 2.39. The van der Waals surface area contributed by atoms with E-state index in [9.17, 15) is 0 Å². The van der Waals surface area contributed by atoms with Crippen LogP contribution in [-0.2, 0) is 9.67 Å². The van der Waals surface area contributed by atoms with Crippen LogP contribution in [0.2, 0.25) is 10.0 Å². The highest BCUT2D eigenvalue weighted by atomic mass is 35.5. The Hall–Kier alpha value is -0.670. The van der Waals surface area contributed by atoms with Gasteiger partial charge < -0.3 is 4.74 Å². The highest BCUT2D eigenvalue weighted by Crippen LogP contribution is 2.50. The van der Waals surface area contributed by atoms with Crippen LogP contribution in [0, 0.1) is 0 Å². The molecule has 0 aliphatic carbocycles. The molecule has 104 valence electrons. The Morgan fingerprint density at radius 2 is 1.40 bits per heavy atom. The summed E-state index contributed by atoms with van der Waals surface area (Å²) < 4.78 is 6.28. The fourth-order valence-corrected chi connectivity index (χ4v) is 4.02. The zero-order chi connectivity index (χ0) is 14.2. The predicted octanol–water partition coefficient (Wildman–Crippen LogP) is 5.35. The summed E-state index contributed by atoms with van der Waals surface area (Å²) in [6.45, 7) is 2.10. The first-order chi connectivity index (χ1) is 9.60. The minimum absolute atomic E-state index is 0.214. The molecular weight excluding hydrogens is 311 g/mol. The standard InChI is InChI=1S/C16H14Cl2OS/c1-11-10-20-16(19-11,12-2-6-14(17)7-3-12)13-4-8-15(18)9-5-13/h2-9,11H,10H2,1H3. The first-order valence-electron chi connectivity index (χ1n) is 6.44. The Morgan fingerprint density at radius 1 is 0.950 bits per heavy atom. The maximum atomic E-state index is 6.28. The van der Waals surface area contributed by atoms with Gasteiger partial charge >= 0.3 is 0 Å². The maximum absolute atomic E-state index is 6.28. The van der Waals surface area contributed by atoms with E-state index in [-0.39, 0.29) is 6.10 Å². The summed E-state index contributed by atoms with van der Waals surface area (Å²) in [5.74, 6) is 0.964. The van der Waals surface area contributed by atoms with Gasteiger partial charge in [-0.3, -0.25) is 0 Å². The summed E-state index contributed by atoms with van der Waals surface area (Å²) in [4.78, 5) is -0.464. The van der Waals surface area contributed by atoms with E-state index >= 15 is 0 Å². The molecule has 1 unspecified atom stereocenters. The topological polar surface area (TPSA) is 9.23 Å². The molecule has 0 spiro atoms. The second kappa shape index (κ2) is 5.61. The SMILES string of the molecule is CC1CSC(c2ccc(Cl)cc2)(c2ccc(Cl)cc2)O1. The largest absolute Gasteiger partial charge is 0.352 e. The Kier molecular flexibility index (Phi) is 4.00. The third-order valence-electron chi connectivity index (χ3n) is 3.34. The quantitative estimate of drug-likeness (QED) is 0.736. The Labute approximate surface area is 133 Å².